The van der Waals surface area contributed by atoms with Crippen molar-refractivity contribution in [1.82, 2.24) is 10.2 Å². The molecule has 8 heteroatoms. The third-order valence-corrected chi connectivity index (χ3v) is 3.79. The molecule has 3 rings (SSSR count). The van der Waals surface area contributed by atoms with Crippen LogP contribution in [-0.4, -0.2) is 22.1 Å². The van der Waals surface area contributed by atoms with Crippen LogP contribution in [0.5, 0.6) is 0 Å². The third kappa shape index (κ3) is 5.39. The fraction of sp³-hybridized carbons (Fsp3) is 0.158. The highest BCUT2D eigenvalue weighted by Gasteiger charge is 2.11. The fourth-order valence-corrected chi connectivity index (χ4v) is 2.42. The summed E-state index contributed by atoms with van der Waals surface area (Å²) in [5.74, 6) is -0.0474. The van der Waals surface area contributed by atoms with Crippen molar-refractivity contribution in [3.05, 3.63) is 65.0 Å². The van der Waals surface area contributed by atoms with E-state index in [4.69, 9.17) is 20.8 Å². The largest absolute Gasteiger partial charge is 0.455 e. The normalized spacial score (nSPS) is 10.4. The maximum Gasteiger partial charge on any atom is 0.310 e. The molecule has 0 saturated carbocycles. The maximum absolute atomic E-state index is 12.0. The maximum atomic E-state index is 12.0. The van der Waals surface area contributed by atoms with Crippen molar-refractivity contribution >= 4 is 29.2 Å². The molecule has 0 aliphatic heterocycles. The molecule has 27 heavy (non-hydrogen) atoms. The molecule has 2 aromatic carbocycles. The Bertz CT molecular complexity index is 936. The van der Waals surface area contributed by atoms with Crippen molar-refractivity contribution in [2.45, 2.75) is 20.0 Å². The van der Waals surface area contributed by atoms with Crippen molar-refractivity contribution in [3.8, 4) is 11.5 Å². The van der Waals surface area contributed by atoms with Gasteiger partial charge in [0.25, 0.3) is 5.89 Å². The highest BCUT2D eigenvalue weighted by molar-refractivity contribution is 6.30. The van der Waals surface area contributed by atoms with E-state index in [9.17, 15) is 9.59 Å². The topological polar surface area (TPSA) is 94.3 Å². The second kappa shape index (κ2) is 8.46. The predicted molar refractivity (Wildman–Crippen MR) is 99.0 cm³/mol. The zero-order chi connectivity index (χ0) is 19.2. The van der Waals surface area contributed by atoms with Crippen LogP contribution in [-0.2, 0) is 27.4 Å². The van der Waals surface area contributed by atoms with Gasteiger partial charge in [0, 0.05) is 23.2 Å². The molecule has 0 aliphatic carbocycles. The Morgan fingerprint density at radius 2 is 1.78 bits per heavy atom. The van der Waals surface area contributed by atoms with E-state index in [2.05, 4.69) is 15.5 Å². The molecule has 0 radical (unpaired) electrons. The van der Waals surface area contributed by atoms with Gasteiger partial charge >= 0.3 is 5.97 Å². The molecule has 3 aromatic rings. The Hall–Kier alpha value is -3.19. The van der Waals surface area contributed by atoms with Crippen LogP contribution in [0.15, 0.2) is 52.9 Å². The van der Waals surface area contributed by atoms with E-state index in [0.29, 0.717) is 16.6 Å². The molecule has 0 fully saturated rings. The number of carbonyl (C=O) groups is 2. The SMILES string of the molecule is CC(=O)Nc1ccc(CC(=O)OCc2nnc(-c3ccc(Cl)cc3)o2)cc1. The molecule has 0 unspecified atom stereocenters. The number of hydrogen-bond acceptors (Lipinski definition) is 6. The van der Waals surface area contributed by atoms with Crippen LogP contribution in [0.4, 0.5) is 5.69 Å². The van der Waals surface area contributed by atoms with Crippen molar-refractivity contribution in [1.29, 1.82) is 0 Å². The fourth-order valence-electron chi connectivity index (χ4n) is 2.29. The lowest BCUT2D eigenvalue weighted by molar-refractivity contribution is -0.144. The number of aromatic nitrogens is 2. The number of nitrogens with zero attached hydrogens (tertiary/aromatic N) is 2. The molecule has 0 spiro atoms. The molecular weight excluding hydrogens is 370 g/mol. The molecule has 0 aliphatic rings. The lowest BCUT2D eigenvalue weighted by atomic mass is 10.1. The number of rotatable bonds is 6. The molecule has 138 valence electrons. The average molecular weight is 386 g/mol. The minimum atomic E-state index is -0.423. The summed E-state index contributed by atoms with van der Waals surface area (Å²) >= 11 is 5.84. The monoisotopic (exact) mass is 385 g/mol. The van der Waals surface area contributed by atoms with Crippen LogP contribution in [0.1, 0.15) is 18.4 Å². The lowest BCUT2D eigenvalue weighted by Crippen LogP contribution is -2.09. The highest BCUT2D eigenvalue weighted by atomic mass is 35.5. The number of ether oxygens (including phenoxy) is 1. The molecule has 1 amide bonds. The van der Waals surface area contributed by atoms with Crippen molar-refractivity contribution in [2.75, 3.05) is 5.32 Å². The third-order valence-electron chi connectivity index (χ3n) is 3.54. The van der Waals surface area contributed by atoms with Gasteiger partial charge in [-0.05, 0) is 42.0 Å². The summed E-state index contributed by atoms with van der Waals surface area (Å²) in [6.07, 6.45) is 0.0958. The van der Waals surface area contributed by atoms with E-state index in [1.165, 1.54) is 6.92 Å². The number of amides is 1. The predicted octanol–water partition coefficient (Wildman–Crippen LogP) is 3.63. The number of esters is 1. The number of hydrogen-bond donors (Lipinski definition) is 1. The number of halogens is 1. The molecule has 7 nitrogen and oxygen atoms in total. The zero-order valence-electron chi connectivity index (χ0n) is 14.4. The summed E-state index contributed by atoms with van der Waals surface area (Å²) in [4.78, 5) is 23.0. The summed E-state index contributed by atoms with van der Waals surface area (Å²) in [7, 11) is 0. The van der Waals surface area contributed by atoms with Crippen molar-refractivity contribution < 1.29 is 18.7 Å². The summed E-state index contributed by atoms with van der Waals surface area (Å²) in [6, 6.07) is 13.9. The standard InChI is InChI=1S/C19H16ClN3O4/c1-12(24)21-16-8-2-13(3-9-16)10-18(25)26-11-17-22-23-19(27-17)14-4-6-15(20)7-5-14/h2-9H,10-11H2,1H3,(H,21,24). The van der Waals surface area contributed by atoms with Crippen LogP contribution >= 0.6 is 11.6 Å². The van der Waals surface area contributed by atoms with Crippen LogP contribution in [0, 0.1) is 0 Å². The number of carbonyl (C=O) groups excluding carboxylic acids is 2. The second-order valence-electron chi connectivity index (χ2n) is 5.72. The van der Waals surface area contributed by atoms with E-state index in [0.717, 1.165) is 11.1 Å². The number of nitrogens with one attached hydrogen (secondary N) is 1. The van der Waals surface area contributed by atoms with E-state index < -0.39 is 5.97 Å². The van der Waals surface area contributed by atoms with Crippen molar-refractivity contribution in [3.63, 3.8) is 0 Å². The first-order valence-electron chi connectivity index (χ1n) is 8.10. The number of benzene rings is 2. The van der Waals surface area contributed by atoms with Crippen LogP contribution < -0.4 is 5.32 Å². The van der Waals surface area contributed by atoms with Crippen LogP contribution in [0.2, 0.25) is 5.02 Å². The van der Waals surface area contributed by atoms with E-state index in [-0.39, 0.29) is 24.8 Å². The minimum absolute atomic E-state index is 0.0958. The Kier molecular flexibility index (Phi) is 5.83. The first kappa shape index (κ1) is 18.6. The van der Waals surface area contributed by atoms with Gasteiger partial charge in [-0.1, -0.05) is 23.7 Å². The minimum Gasteiger partial charge on any atom is -0.455 e. The van der Waals surface area contributed by atoms with Gasteiger partial charge in [-0.25, -0.2) is 0 Å². The first-order valence-corrected chi connectivity index (χ1v) is 8.48. The highest BCUT2D eigenvalue weighted by Crippen LogP contribution is 2.20. The van der Waals surface area contributed by atoms with Crippen molar-refractivity contribution in [2.24, 2.45) is 0 Å². The van der Waals surface area contributed by atoms with Gasteiger partial charge in [-0.2, -0.15) is 0 Å². The van der Waals surface area contributed by atoms with Gasteiger partial charge in [0.2, 0.25) is 11.8 Å². The smallest absolute Gasteiger partial charge is 0.310 e. The molecular formula is C19H16ClN3O4. The Morgan fingerprint density at radius 3 is 2.44 bits per heavy atom. The van der Waals surface area contributed by atoms with Gasteiger partial charge < -0.3 is 14.5 Å². The zero-order valence-corrected chi connectivity index (χ0v) is 15.2. The van der Waals surface area contributed by atoms with Crippen LogP contribution in [0.3, 0.4) is 0 Å². The summed E-state index contributed by atoms with van der Waals surface area (Å²) in [6.45, 7) is 1.32. The van der Waals surface area contributed by atoms with E-state index >= 15 is 0 Å². The van der Waals surface area contributed by atoms with E-state index in [1.807, 2.05) is 0 Å². The second-order valence-corrected chi connectivity index (χ2v) is 6.16. The van der Waals surface area contributed by atoms with Crippen LogP contribution in [0.25, 0.3) is 11.5 Å². The molecule has 1 heterocycles. The van der Waals surface area contributed by atoms with Gasteiger partial charge in [0.1, 0.15) is 0 Å². The van der Waals surface area contributed by atoms with Gasteiger partial charge in [-0.3, -0.25) is 9.59 Å². The lowest BCUT2D eigenvalue weighted by Gasteiger charge is -2.05. The molecule has 1 N–H and O–H groups in total. The molecule has 0 atom stereocenters. The Balaban J connectivity index is 1.52. The first-order chi connectivity index (χ1) is 13.0. The Labute approximate surface area is 160 Å². The molecule has 0 saturated heterocycles. The van der Waals surface area contributed by atoms with Gasteiger partial charge in [0.15, 0.2) is 6.61 Å². The van der Waals surface area contributed by atoms with E-state index in [1.54, 1.807) is 48.5 Å². The van der Waals surface area contributed by atoms with Gasteiger partial charge in [0.05, 0.1) is 6.42 Å². The summed E-state index contributed by atoms with van der Waals surface area (Å²) in [5.41, 5.74) is 2.16. The molecule has 0 bridgehead atoms. The van der Waals surface area contributed by atoms with Gasteiger partial charge in [-0.15, -0.1) is 10.2 Å². The average Bonchev–Trinajstić information content (AvgIpc) is 3.11. The quantitative estimate of drug-likeness (QED) is 0.651. The summed E-state index contributed by atoms with van der Waals surface area (Å²) < 4.78 is 10.6. The number of anilines is 1. The Morgan fingerprint density at radius 1 is 1.07 bits per heavy atom. The summed E-state index contributed by atoms with van der Waals surface area (Å²) in [5, 5.41) is 11.1. The molecule has 1 aromatic heterocycles.